The number of nitrogens with zero attached hydrogens (tertiary/aromatic N) is 1. The van der Waals surface area contributed by atoms with Crippen LogP contribution in [0.25, 0.3) is 6.08 Å². The van der Waals surface area contributed by atoms with Gasteiger partial charge < -0.3 is 19.9 Å². The Morgan fingerprint density at radius 1 is 1.42 bits per heavy atom. The summed E-state index contributed by atoms with van der Waals surface area (Å²) in [5.74, 6) is -1.17. The van der Waals surface area contributed by atoms with E-state index in [1.807, 2.05) is 0 Å². The van der Waals surface area contributed by atoms with Crippen molar-refractivity contribution in [3.8, 4) is 11.5 Å². The van der Waals surface area contributed by atoms with Gasteiger partial charge in [-0.05, 0) is 46.6 Å². The monoisotopic (exact) mass is 398 g/mol. The summed E-state index contributed by atoms with van der Waals surface area (Å²) in [6, 6.07) is 2.38. The molecule has 128 valence electrons. The van der Waals surface area contributed by atoms with Crippen molar-refractivity contribution in [2.75, 3.05) is 20.3 Å². The van der Waals surface area contributed by atoms with Crippen molar-refractivity contribution in [1.82, 2.24) is 10.2 Å². The quantitative estimate of drug-likeness (QED) is 0.443. The van der Waals surface area contributed by atoms with Crippen molar-refractivity contribution >= 4 is 39.9 Å². The Bertz CT molecular complexity index is 731. The highest BCUT2D eigenvalue weighted by Gasteiger charge is 2.35. The second-order valence-electron chi connectivity index (χ2n) is 4.74. The summed E-state index contributed by atoms with van der Waals surface area (Å²) < 4.78 is 10.1. The smallest absolute Gasteiger partial charge is 0.329 e. The maximum atomic E-state index is 12.2. The Labute approximate surface area is 146 Å². The Morgan fingerprint density at radius 3 is 2.75 bits per heavy atom. The van der Waals surface area contributed by atoms with Crippen LogP contribution >= 0.6 is 15.9 Å². The van der Waals surface area contributed by atoms with Crippen molar-refractivity contribution in [3.63, 3.8) is 0 Å². The number of imide groups is 1. The van der Waals surface area contributed by atoms with E-state index in [9.17, 15) is 19.5 Å². The van der Waals surface area contributed by atoms with Crippen molar-refractivity contribution in [1.29, 1.82) is 0 Å². The van der Waals surface area contributed by atoms with Crippen LogP contribution in [0.4, 0.5) is 4.79 Å². The number of hydrogen-bond donors (Lipinski definition) is 2. The van der Waals surface area contributed by atoms with E-state index in [4.69, 9.17) is 4.74 Å². The molecule has 3 amide bonds. The Kier molecular flexibility index (Phi) is 5.45. The zero-order valence-electron chi connectivity index (χ0n) is 13.0. The van der Waals surface area contributed by atoms with E-state index >= 15 is 0 Å². The topological polar surface area (TPSA) is 105 Å². The van der Waals surface area contributed by atoms with Gasteiger partial charge in [-0.15, -0.1) is 0 Å². The third-order valence-electron chi connectivity index (χ3n) is 3.14. The summed E-state index contributed by atoms with van der Waals surface area (Å²) in [6.07, 6.45) is 1.42. The first-order valence-corrected chi connectivity index (χ1v) is 7.73. The molecule has 24 heavy (non-hydrogen) atoms. The Hall–Kier alpha value is -2.55. The van der Waals surface area contributed by atoms with Crippen LogP contribution in [-0.2, 0) is 14.3 Å². The number of nitrogens with one attached hydrogen (secondary N) is 1. The van der Waals surface area contributed by atoms with Gasteiger partial charge >= 0.3 is 12.0 Å². The van der Waals surface area contributed by atoms with E-state index in [0.717, 1.165) is 4.90 Å². The van der Waals surface area contributed by atoms with E-state index in [2.05, 4.69) is 26.0 Å². The summed E-state index contributed by atoms with van der Waals surface area (Å²) in [7, 11) is 1.17. The number of ether oxygens (including phenoxy) is 2. The molecule has 2 N–H and O–H groups in total. The largest absolute Gasteiger partial charge is 0.503 e. The van der Waals surface area contributed by atoms with Gasteiger partial charge in [0.15, 0.2) is 11.5 Å². The second-order valence-corrected chi connectivity index (χ2v) is 5.59. The van der Waals surface area contributed by atoms with Crippen molar-refractivity contribution in [2.24, 2.45) is 0 Å². The molecule has 0 spiro atoms. The average molecular weight is 399 g/mol. The van der Waals surface area contributed by atoms with Crippen LogP contribution in [0.5, 0.6) is 11.5 Å². The first-order valence-electron chi connectivity index (χ1n) is 6.94. The fourth-order valence-corrected chi connectivity index (χ4v) is 2.48. The second kappa shape index (κ2) is 7.35. The van der Waals surface area contributed by atoms with Crippen LogP contribution < -0.4 is 10.1 Å². The zero-order chi connectivity index (χ0) is 17.9. The molecule has 1 aliphatic heterocycles. The molecule has 0 saturated carbocycles. The molecule has 8 nitrogen and oxygen atoms in total. The van der Waals surface area contributed by atoms with Crippen molar-refractivity contribution < 1.29 is 29.0 Å². The van der Waals surface area contributed by atoms with E-state index in [0.29, 0.717) is 16.6 Å². The minimum Gasteiger partial charge on any atom is -0.503 e. The van der Waals surface area contributed by atoms with Gasteiger partial charge in [0.25, 0.3) is 5.91 Å². The highest BCUT2D eigenvalue weighted by atomic mass is 79.9. The van der Waals surface area contributed by atoms with Crippen molar-refractivity contribution in [3.05, 3.63) is 27.9 Å². The number of esters is 1. The number of carbonyl (C=O) groups excluding carboxylic acids is 3. The zero-order valence-corrected chi connectivity index (χ0v) is 14.5. The molecule has 0 bridgehead atoms. The van der Waals surface area contributed by atoms with Crippen LogP contribution in [0.2, 0.25) is 0 Å². The number of urea groups is 1. The predicted octanol–water partition coefficient (Wildman–Crippen LogP) is 1.62. The molecule has 1 aliphatic rings. The summed E-state index contributed by atoms with van der Waals surface area (Å²) in [6.45, 7) is 1.65. The molecule has 1 fully saturated rings. The van der Waals surface area contributed by atoms with E-state index in [1.165, 1.54) is 19.3 Å². The molecule has 0 radical (unpaired) electrons. The Morgan fingerprint density at radius 2 is 2.12 bits per heavy atom. The maximum absolute atomic E-state index is 12.2. The first-order chi connectivity index (χ1) is 11.4. The SMILES string of the molecule is CCOc1cc(C=C2NC(=O)N(CC(=O)OC)C2=O)cc(Br)c1O. The molecule has 1 aromatic carbocycles. The summed E-state index contributed by atoms with van der Waals surface area (Å²) in [4.78, 5) is 36.0. The average Bonchev–Trinajstić information content (AvgIpc) is 2.79. The molecule has 1 saturated heterocycles. The number of phenols is 1. The normalized spacial score (nSPS) is 15.6. The minimum atomic E-state index is -0.709. The van der Waals surface area contributed by atoms with Gasteiger partial charge in [-0.2, -0.15) is 0 Å². The van der Waals surface area contributed by atoms with Crippen LogP contribution in [0.3, 0.4) is 0 Å². The lowest BCUT2D eigenvalue weighted by molar-refractivity contribution is -0.143. The molecule has 0 aliphatic carbocycles. The molecule has 1 aromatic rings. The van der Waals surface area contributed by atoms with Crippen LogP contribution in [0.15, 0.2) is 22.3 Å². The lowest BCUT2D eigenvalue weighted by atomic mass is 10.1. The van der Waals surface area contributed by atoms with E-state index < -0.39 is 24.5 Å². The maximum Gasteiger partial charge on any atom is 0.329 e. The lowest BCUT2D eigenvalue weighted by Gasteiger charge is -2.09. The highest BCUT2D eigenvalue weighted by molar-refractivity contribution is 9.10. The number of methoxy groups -OCH3 is 1. The van der Waals surface area contributed by atoms with E-state index in [-0.39, 0.29) is 17.2 Å². The molecule has 2 rings (SSSR count). The van der Waals surface area contributed by atoms with Crippen LogP contribution in [-0.4, -0.2) is 48.2 Å². The lowest BCUT2D eigenvalue weighted by Crippen LogP contribution is -2.36. The summed E-state index contributed by atoms with van der Waals surface area (Å²) >= 11 is 3.19. The number of aromatic hydroxyl groups is 1. The standard InChI is InChI=1S/C15H15BrN2O6/c1-3-24-11-6-8(4-9(16)13(11)20)5-10-14(21)18(15(22)17-10)7-12(19)23-2/h4-6,20H,3,7H2,1-2H3,(H,17,22). The number of hydrogen-bond acceptors (Lipinski definition) is 6. The predicted molar refractivity (Wildman–Crippen MR) is 87.2 cm³/mol. The number of phenolic OH excluding ortho intramolecular Hbond substituents is 1. The van der Waals surface area contributed by atoms with Gasteiger partial charge in [0.2, 0.25) is 0 Å². The third-order valence-corrected chi connectivity index (χ3v) is 3.74. The van der Waals surface area contributed by atoms with Crippen molar-refractivity contribution in [2.45, 2.75) is 6.92 Å². The van der Waals surface area contributed by atoms with Gasteiger partial charge in [0.05, 0.1) is 18.2 Å². The van der Waals surface area contributed by atoms with Crippen LogP contribution in [0, 0.1) is 0 Å². The number of halogens is 1. The molecule has 9 heteroatoms. The first kappa shape index (κ1) is 17.8. The fraction of sp³-hybridized carbons (Fsp3) is 0.267. The van der Waals surface area contributed by atoms with E-state index in [1.54, 1.807) is 13.0 Å². The fourth-order valence-electron chi connectivity index (χ4n) is 2.02. The number of amides is 3. The van der Waals surface area contributed by atoms with Gasteiger partial charge in [0.1, 0.15) is 12.2 Å². The number of carbonyl (C=O) groups is 3. The van der Waals surface area contributed by atoms with Crippen LogP contribution in [0.1, 0.15) is 12.5 Å². The summed E-state index contributed by atoms with van der Waals surface area (Å²) in [5, 5.41) is 12.3. The minimum absolute atomic E-state index is 0.00365. The van der Waals surface area contributed by atoms with Gasteiger partial charge in [0, 0.05) is 0 Å². The van der Waals surface area contributed by atoms with Gasteiger partial charge in [-0.1, -0.05) is 0 Å². The third kappa shape index (κ3) is 3.67. The highest BCUT2D eigenvalue weighted by Crippen LogP contribution is 2.36. The summed E-state index contributed by atoms with van der Waals surface area (Å²) in [5.41, 5.74) is 0.524. The molecule has 0 unspecified atom stereocenters. The number of benzene rings is 1. The van der Waals surface area contributed by atoms with Gasteiger partial charge in [-0.25, -0.2) is 9.69 Å². The Balaban J connectivity index is 2.30. The number of rotatable bonds is 5. The van der Waals surface area contributed by atoms with Gasteiger partial charge in [-0.3, -0.25) is 9.59 Å². The molecule has 0 aromatic heterocycles. The molecule has 0 atom stereocenters. The molecule has 1 heterocycles. The molecular formula is C15H15BrN2O6. The molecular weight excluding hydrogens is 384 g/mol.